The summed E-state index contributed by atoms with van der Waals surface area (Å²) in [6.45, 7) is 5.59. The van der Waals surface area contributed by atoms with Crippen molar-refractivity contribution >= 4 is 23.1 Å². The zero-order chi connectivity index (χ0) is 18.8. The van der Waals surface area contributed by atoms with E-state index in [0.29, 0.717) is 5.54 Å². The van der Waals surface area contributed by atoms with Crippen LogP contribution in [0.4, 0.5) is 11.4 Å². The van der Waals surface area contributed by atoms with Gasteiger partial charge in [0.2, 0.25) is 0 Å². The summed E-state index contributed by atoms with van der Waals surface area (Å²) in [5.74, 6) is 1.19. The lowest BCUT2D eigenvalue weighted by Crippen LogP contribution is -2.45. The van der Waals surface area contributed by atoms with E-state index in [1.165, 1.54) is 47.6 Å². The summed E-state index contributed by atoms with van der Waals surface area (Å²) in [6.07, 6.45) is 5.11. The van der Waals surface area contributed by atoms with Crippen LogP contribution in [0.25, 0.3) is 0 Å². The van der Waals surface area contributed by atoms with Gasteiger partial charge in [-0.05, 0) is 48.7 Å². The molecule has 0 unspecified atom stereocenters. The van der Waals surface area contributed by atoms with Gasteiger partial charge in [0.25, 0.3) is 0 Å². The van der Waals surface area contributed by atoms with Gasteiger partial charge < -0.3 is 16.4 Å². The Morgan fingerprint density at radius 1 is 1.15 bits per heavy atom. The number of nitrogens with two attached hydrogens (primary N) is 1. The lowest BCUT2D eigenvalue weighted by molar-refractivity contribution is 0.317. The maximum Gasteiger partial charge on any atom is 0.0341 e. The molecule has 2 aromatic carbocycles. The summed E-state index contributed by atoms with van der Waals surface area (Å²) in [5, 5.41) is 7.07. The second-order valence-corrected chi connectivity index (χ2v) is 7.88. The molecule has 4 N–H and O–H groups in total. The summed E-state index contributed by atoms with van der Waals surface area (Å²) in [5.41, 5.74) is 9.14. The van der Waals surface area contributed by atoms with Crippen molar-refractivity contribution in [3.8, 4) is 0 Å². The van der Waals surface area contributed by atoms with Crippen molar-refractivity contribution in [2.45, 2.75) is 56.5 Å². The van der Waals surface area contributed by atoms with Gasteiger partial charge in [0.15, 0.2) is 0 Å². The lowest BCUT2D eigenvalue weighted by Gasteiger charge is -2.32. The van der Waals surface area contributed by atoms with Crippen molar-refractivity contribution in [1.29, 1.82) is 0 Å². The molecule has 4 heteroatoms. The van der Waals surface area contributed by atoms with Gasteiger partial charge in [0.1, 0.15) is 0 Å². The number of anilines is 2. The van der Waals surface area contributed by atoms with Crippen molar-refractivity contribution < 1.29 is 0 Å². The predicted octanol–water partition coefficient (Wildman–Crippen LogP) is 5.53. The molecule has 0 spiro atoms. The molecule has 3 rings (SSSR count). The standard InChI is InChI=1S/C16H26N2S.C6H7N/c1-4-6-9-16(5-2)12-19-15-8-7-14(17-3)10-13(15)11-18-16;7-6-4-2-1-3-5-6/h7-8,10,17-18H,4-6,9,11-12H2,1-3H3;1-5H,7H2/t16-;/m1./s1. The zero-order valence-corrected chi connectivity index (χ0v) is 17.2. The van der Waals surface area contributed by atoms with Crippen LogP contribution in [0.1, 0.15) is 45.1 Å². The van der Waals surface area contributed by atoms with Crippen LogP contribution in [-0.2, 0) is 6.54 Å². The summed E-state index contributed by atoms with van der Waals surface area (Å²) in [7, 11) is 1.98. The van der Waals surface area contributed by atoms with Gasteiger partial charge in [-0.2, -0.15) is 0 Å². The highest BCUT2D eigenvalue weighted by Crippen LogP contribution is 2.35. The molecule has 1 heterocycles. The van der Waals surface area contributed by atoms with Gasteiger partial charge in [0.05, 0.1) is 0 Å². The lowest BCUT2D eigenvalue weighted by atomic mass is 9.91. The Labute approximate surface area is 163 Å². The normalized spacial score (nSPS) is 18.9. The molecule has 26 heavy (non-hydrogen) atoms. The Morgan fingerprint density at radius 3 is 2.50 bits per heavy atom. The number of rotatable bonds is 5. The number of nitrogen functional groups attached to an aromatic ring is 1. The van der Waals surface area contributed by atoms with E-state index in [-0.39, 0.29) is 0 Å². The molecule has 142 valence electrons. The predicted molar refractivity (Wildman–Crippen MR) is 117 cm³/mol. The van der Waals surface area contributed by atoms with E-state index < -0.39 is 0 Å². The van der Waals surface area contributed by atoms with Crippen LogP contribution in [0.2, 0.25) is 0 Å². The van der Waals surface area contributed by atoms with Gasteiger partial charge >= 0.3 is 0 Å². The first-order valence-electron chi connectivity index (χ1n) is 9.61. The van der Waals surface area contributed by atoms with E-state index in [1.54, 1.807) is 0 Å². The maximum atomic E-state index is 5.36. The number of thioether (sulfide) groups is 1. The van der Waals surface area contributed by atoms with Crippen molar-refractivity contribution in [1.82, 2.24) is 5.32 Å². The summed E-state index contributed by atoms with van der Waals surface area (Å²) < 4.78 is 0. The highest BCUT2D eigenvalue weighted by Gasteiger charge is 2.29. The molecule has 0 saturated heterocycles. The SMILES string of the molecule is CCCC[C@]1(CC)CSc2ccc(NC)cc2CN1.Nc1ccccc1. The number of nitrogens with one attached hydrogen (secondary N) is 2. The Kier molecular flexibility index (Phi) is 8.33. The van der Waals surface area contributed by atoms with E-state index in [0.717, 1.165) is 12.2 Å². The van der Waals surface area contributed by atoms with Crippen LogP contribution in [0.5, 0.6) is 0 Å². The molecular weight excluding hydrogens is 338 g/mol. The molecular formula is C22H33N3S. The molecule has 1 aliphatic heterocycles. The van der Waals surface area contributed by atoms with Crippen LogP contribution < -0.4 is 16.4 Å². The van der Waals surface area contributed by atoms with Gasteiger partial charge in [-0.25, -0.2) is 0 Å². The molecule has 1 atom stereocenters. The summed E-state index contributed by atoms with van der Waals surface area (Å²) >= 11 is 2.02. The number of benzene rings is 2. The fraction of sp³-hybridized carbons (Fsp3) is 0.455. The summed E-state index contributed by atoms with van der Waals surface area (Å²) in [4.78, 5) is 1.44. The average Bonchev–Trinajstić information content (AvgIpc) is 2.87. The van der Waals surface area contributed by atoms with Crippen molar-refractivity contribution in [3.63, 3.8) is 0 Å². The van der Waals surface area contributed by atoms with Crippen molar-refractivity contribution in [3.05, 3.63) is 54.1 Å². The third-order valence-electron chi connectivity index (χ3n) is 4.99. The first kappa shape index (κ1) is 20.7. The highest BCUT2D eigenvalue weighted by molar-refractivity contribution is 7.99. The molecule has 0 fully saturated rings. The van der Waals surface area contributed by atoms with Gasteiger partial charge in [-0.15, -0.1) is 11.8 Å². The van der Waals surface area contributed by atoms with Crippen molar-refractivity contribution in [2.24, 2.45) is 0 Å². The quantitative estimate of drug-likeness (QED) is 0.605. The van der Waals surface area contributed by atoms with Crippen LogP contribution in [0.15, 0.2) is 53.4 Å². The number of para-hydroxylation sites is 1. The number of hydrogen-bond acceptors (Lipinski definition) is 4. The largest absolute Gasteiger partial charge is 0.399 e. The van der Waals surface area contributed by atoms with E-state index in [9.17, 15) is 0 Å². The number of fused-ring (bicyclic) bond motifs is 1. The maximum absolute atomic E-state index is 5.36. The summed E-state index contributed by atoms with van der Waals surface area (Å²) in [6, 6.07) is 16.2. The van der Waals surface area contributed by atoms with Gasteiger partial charge in [-0.1, -0.05) is 44.9 Å². The Hall–Kier alpha value is -1.65. The van der Waals surface area contributed by atoms with Crippen molar-refractivity contribution in [2.75, 3.05) is 23.9 Å². The Morgan fingerprint density at radius 2 is 1.92 bits per heavy atom. The van der Waals surface area contributed by atoms with Crippen LogP contribution in [0.3, 0.4) is 0 Å². The molecule has 1 aliphatic rings. The molecule has 2 aromatic rings. The van der Waals surface area contributed by atoms with Crippen LogP contribution in [-0.4, -0.2) is 18.3 Å². The highest BCUT2D eigenvalue weighted by atomic mass is 32.2. The minimum Gasteiger partial charge on any atom is -0.399 e. The molecule has 0 radical (unpaired) electrons. The van der Waals surface area contributed by atoms with E-state index >= 15 is 0 Å². The van der Waals surface area contributed by atoms with E-state index in [4.69, 9.17) is 5.73 Å². The zero-order valence-electron chi connectivity index (χ0n) is 16.3. The Balaban J connectivity index is 0.000000290. The minimum atomic E-state index is 0.319. The fourth-order valence-electron chi connectivity index (χ4n) is 3.10. The smallest absolute Gasteiger partial charge is 0.0341 e. The third-order valence-corrected chi connectivity index (χ3v) is 6.40. The Bertz CT molecular complexity index is 660. The monoisotopic (exact) mass is 371 g/mol. The van der Waals surface area contributed by atoms with Crippen LogP contribution in [0, 0.1) is 0 Å². The molecule has 0 amide bonds. The average molecular weight is 372 g/mol. The second kappa shape index (κ2) is 10.5. The fourth-order valence-corrected chi connectivity index (χ4v) is 4.46. The molecule has 0 aliphatic carbocycles. The second-order valence-electron chi connectivity index (χ2n) is 6.86. The third kappa shape index (κ3) is 5.96. The first-order chi connectivity index (χ1) is 12.6. The molecule has 3 nitrogen and oxygen atoms in total. The molecule has 0 bridgehead atoms. The van der Waals surface area contributed by atoms with E-state index in [2.05, 4.69) is 42.7 Å². The van der Waals surface area contributed by atoms with Gasteiger partial charge in [0, 0.05) is 41.2 Å². The first-order valence-corrected chi connectivity index (χ1v) is 10.6. The minimum absolute atomic E-state index is 0.319. The van der Waals surface area contributed by atoms with Crippen LogP contribution >= 0.6 is 11.8 Å². The topological polar surface area (TPSA) is 50.1 Å². The van der Waals surface area contributed by atoms with E-state index in [1.807, 2.05) is 49.1 Å². The number of hydrogen-bond donors (Lipinski definition) is 3. The van der Waals surface area contributed by atoms with Gasteiger partial charge in [-0.3, -0.25) is 0 Å². The molecule has 0 aromatic heterocycles. The molecule has 0 saturated carbocycles. The number of unbranched alkanes of at least 4 members (excludes halogenated alkanes) is 1.